The summed E-state index contributed by atoms with van der Waals surface area (Å²) in [5.41, 5.74) is 0. The van der Waals surface area contributed by atoms with E-state index < -0.39 is 0 Å². The van der Waals surface area contributed by atoms with Gasteiger partial charge in [-0.25, -0.2) is 0 Å². The molecule has 0 heterocycles. The lowest BCUT2D eigenvalue weighted by atomic mass is 11.0. The highest BCUT2D eigenvalue weighted by atomic mass is 35.5. The second-order valence-corrected chi connectivity index (χ2v) is 0. The van der Waals surface area contributed by atoms with Gasteiger partial charge in [-0.2, -0.15) is 0 Å². The molecule has 0 aliphatic heterocycles. The minimum Gasteiger partial charge on any atom is -0.302 e. The van der Waals surface area contributed by atoms with E-state index in [2.05, 4.69) is 26.2 Å². The van der Waals surface area contributed by atoms with Crippen molar-refractivity contribution in [3.05, 3.63) is 0 Å². The third kappa shape index (κ3) is 37.9. The summed E-state index contributed by atoms with van der Waals surface area (Å²) < 4.78 is 0. The Morgan fingerprint density at radius 1 is 1.20 bits per heavy atom. The molecule has 0 unspecified atom stereocenters. The maximum Gasteiger partial charge on any atom is 0.226 e. The molecule has 0 aromatic carbocycles. The van der Waals surface area contributed by atoms with E-state index in [4.69, 9.17) is 0 Å². The van der Waals surface area contributed by atoms with Crippen LogP contribution in [0.3, 0.4) is 0 Å². The molecular weight excluding hydrogens is 119 g/mol. The molecule has 0 nitrogen and oxygen atoms in total. The number of thiol groups is 1. The van der Waals surface area contributed by atoms with Crippen LogP contribution in [0.4, 0.5) is 0 Å². The van der Waals surface area contributed by atoms with Gasteiger partial charge in [0.25, 0.3) is 0 Å². The molecule has 32 valence electrons. The molecule has 0 aromatic heterocycles. The van der Waals surface area contributed by atoms with Gasteiger partial charge in [0, 0.05) is 0 Å². The normalized spacial score (nSPS) is 2.20. The first-order valence-electron chi connectivity index (χ1n) is 1.26. The van der Waals surface area contributed by atoms with Crippen LogP contribution in [0, 0.1) is 0 Å². The maximum absolute atomic E-state index is 3.44. The monoisotopic (exact) mass is 126 g/mol. The van der Waals surface area contributed by atoms with Gasteiger partial charge in [-0.3, -0.25) is 0 Å². The van der Waals surface area contributed by atoms with E-state index in [0.29, 0.717) is 0 Å². The highest BCUT2D eigenvalue weighted by molar-refractivity contribution is 8.03. The summed E-state index contributed by atoms with van der Waals surface area (Å²) in [6.07, 6.45) is 0. The van der Waals surface area contributed by atoms with Gasteiger partial charge in [-0.05, 0) is 0 Å². The predicted molar refractivity (Wildman–Crippen MR) is 33.3 cm³/mol. The third-order valence-electron chi connectivity index (χ3n) is 0. The maximum atomic E-state index is 3.44. The number of rotatable bonds is 0. The summed E-state index contributed by atoms with van der Waals surface area (Å²) in [6, 6.07) is 0. The smallest absolute Gasteiger partial charge is 0.226 e. The average Bonchev–Trinajstić information content (AvgIpc) is 1.50. The second-order valence-electron chi connectivity index (χ2n) is 0. The first-order chi connectivity index (χ1) is 2.00. The molecule has 0 aliphatic carbocycles. The molecular formula is C2H8AlClS. The lowest BCUT2D eigenvalue weighted by molar-refractivity contribution is 1.50. The average molecular weight is 127 g/mol. The van der Waals surface area contributed by atoms with Gasteiger partial charge in [-0.15, -0.1) is 12.4 Å². The van der Waals surface area contributed by atoms with Crippen molar-refractivity contribution in [1.29, 1.82) is 0 Å². The Balaban J connectivity index is -0.0000000133. The van der Waals surface area contributed by atoms with Crippen molar-refractivity contribution in [2.45, 2.75) is 13.8 Å². The van der Waals surface area contributed by atoms with E-state index in [0.717, 1.165) is 0 Å². The Morgan fingerprint density at radius 3 is 1.20 bits per heavy atom. The zero-order chi connectivity index (χ0) is 4.00. The molecule has 0 atom stereocenters. The Hall–Kier alpha value is 1.17. The molecule has 0 rings (SSSR count). The van der Waals surface area contributed by atoms with E-state index >= 15 is 0 Å². The van der Waals surface area contributed by atoms with Gasteiger partial charge >= 0.3 is 0 Å². The summed E-state index contributed by atoms with van der Waals surface area (Å²) in [6.45, 7) is 4.00. The summed E-state index contributed by atoms with van der Waals surface area (Å²) >= 11 is 2.11. The van der Waals surface area contributed by atoms with E-state index in [-0.39, 0.29) is 12.4 Å². The molecule has 0 saturated heterocycles. The fourth-order valence-corrected chi connectivity index (χ4v) is 0. The van der Waals surface area contributed by atoms with Crippen molar-refractivity contribution in [1.82, 2.24) is 0 Å². The molecule has 0 saturated carbocycles. The van der Waals surface area contributed by atoms with Crippen LogP contribution in [0.2, 0.25) is 0 Å². The van der Waals surface area contributed by atoms with E-state index in [1.807, 2.05) is 13.8 Å². The summed E-state index contributed by atoms with van der Waals surface area (Å²) in [4.78, 5) is 0. The molecule has 0 aliphatic rings. The van der Waals surface area contributed by atoms with E-state index in [1.165, 1.54) is 0 Å². The first-order valence-corrected chi connectivity index (χ1v) is 3.32. The largest absolute Gasteiger partial charge is 0.302 e. The Labute approximate surface area is 52.6 Å². The van der Waals surface area contributed by atoms with Gasteiger partial charge in [0.1, 0.15) is 0 Å². The lowest BCUT2D eigenvalue weighted by Gasteiger charge is -1.07. The number of hydrogen-bond acceptors (Lipinski definition) is 1. The van der Waals surface area contributed by atoms with Crippen LogP contribution < -0.4 is 0 Å². The molecule has 5 heavy (non-hydrogen) atoms. The van der Waals surface area contributed by atoms with Crippen LogP contribution in [0.25, 0.3) is 0 Å². The second kappa shape index (κ2) is 65.5. The van der Waals surface area contributed by atoms with Crippen LogP contribution in [0.5, 0.6) is 0 Å². The van der Waals surface area contributed by atoms with Crippen molar-refractivity contribution >= 4 is 38.6 Å². The fourth-order valence-electron chi connectivity index (χ4n) is 0. The predicted octanol–water partition coefficient (Wildman–Crippen LogP) is 1.45. The highest BCUT2D eigenvalue weighted by Crippen LogP contribution is 1.26. The SMILES string of the molecule is CC.Cl.[Al][SH]. The van der Waals surface area contributed by atoms with Crippen molar-refractivity contribution in [3.63, 3.8) is 0 Å². The molecule has 0 N–H and O–H groups in total. The zero-order valence-corrected chi connectivity index (χ0v) is 6.30. The van der Waals surface area contributed by atoms with E-state index in [9.17, 15) is 0 Å². The van der Waals surface area contributed by atoms with E-state index in [1.54, 1.807) is 0 Å². The number of hydrogen-bond donors (Lipinski definition) is 1. The standard InChI is InChI=1S/C2H6.Al.ClH.H2S/c1-2;;;/h1-2H3;;1H;1H2/q;+1;;/p-1. The third-order valence-corrected chi connectivity index (χ3v) is 0. The Morgan fingerprint density at radius 2 is 1.20 bits per heavy atom. The molecule has 0 fully saturated rings. The summed E-state index contributed by atoms with van der Waals surface area (Å²) in [7, 11) is 3.44. The van der Waals surface area contributed by atoms with Crippen LogP contribution in [0.15, 0.2) is 0 Å². The minimum absolute atomic E-state index is 0. The van der Waals surface area contributed by atoms with Crippen LogP contribution in [-0.2, 0) is 0 Å². The quantitative estimate of drug-likeness (QED) is 0.369. The summed E-state index contributed by atoms with van der Waals surface area (Å²) in [5, 5.41) is 0. The zero-order valence-electron chi connectivity index (χ0n) is 3.43. The Bertz CT molecular complexity index is 9.61. The number of halogens is 1. The summed E-state index contributed by atoms with van der Waals surface area (Å²) in [5.74, 6) is 0. The van der Waals surface area contributed by atoms with Crippen molar-refractivity contribution < 1.29 is 0 Å². The Kier molecular flexibility index (Phi) is 215. The van der Waals surface area contributed by atoms with Gasteiger partial charge in [0.2, 0.25) is 15.2 Å². The van der Waals surface area contributed by atoms with Crippen molar-refractivity contribution in [3.8, 4) is 0 Å². The van der Waals surface area contributed by atoms with Crippen LogP contribution in [-0.4, -0.2) is 15.2 Å². The molecule has 0 aromatic rings. The highest BCUT2D eigenvalue weighted by Gasteiger charge is 0.996. The molecule has 2 radical (unpaired) electrons. The van der Waals surface area contributed by atoms with Crippen LogP contribution >= 0.6 is 23.4 Å². The lowest BCUT2D eigenvalue weighted by Crippen LogP contribution is -0.991. The van der Waals surface area contributed by atoms with Gasteiger partial charge < -0.3 is 11.0 Å². The first kappa shape index (κ1) is 16.4. The topological polar surface area (TPSA) is 0 Å². The van der Waals surface area contributed by atoms with Gasteiger partial charge in [0.15, 0.2) is 0 Å². The molecule has 0 amide bonds. The van der Waals surface area contributed by atoms with Crippen molar-refractivity contribution in [2.75, 3.05) is 0 Å². The minimum atomic E-state index is 0. The molecule has 0 spiro atoms. The van der Waals surface area contributed by atoms with Gasteiger partial charge in [0.05, 0.1) is 0 Å². The van der Waals surface area contributed by atoms with Crippen LogP contribution in [0.1, 0.15) is 13.8 Å². The molecule has 0 bridgehead atoms. The molecule has 3 heteroatoms. The van der Waals surface area contributed by atoms with Crippen molar-refractivity contribution in [2.24, 2.45) is 0 Å². The fraction of sp³-hybridized carbons (Fsp3) is 1.00. The van der Waals surface area contributed by atoms with Gasteiger partial charge in [-0.1, -0.05) is 13.8 Å².